The molecule has 0 aliphatic carbocycles. The van der Waals surface area contributed by atoms with Crippen LogP contribution in [0.4, 0.5) is 0 Å². The van der Waals surface area contributed by atoms with Crippen LogP contribution in [-0.2, 0) is 6.54 Å². The Hall–Kier alpha value is -1.94. The van der Waals surface area contributed by atoms with E-state index in [4.69, 9.17) is 9.47 Å². The van der Waals surface area contributed by atoms with E-state index < -0.39 is 6.10 Å². The topological polar surface area (TPSA) is 43.6 Å². The summed E-state index contributed by atoms with van der Waals surface area (Å²) in [5.74, 6) is 1.45. The minimum absolute atomic E-state index is 0.438. The number of hydrogen-bond donors (Lipinski definition) is 1. The fraction of sp³-hybridized carbons (Fsp3) is 0.333. The highest BCUT2D eigenvalue weighted by Crippen LogP contribution is 2.28. The van der Waals surface area contributed by atoms with Crippen LogP contribution in [0.3, 0.4) is 0 Å². The average molecular weight is 261 g/mol. The van der Waals surface area contributed by atoms with Crippen LogP contribution in [0.5, 0.6) is 11.5 Å². The smallest absolute Gasteiger partial charge is 0.161 e. The highest BCUT2D eigenvalue weighted by atomic mass is 16.5. The summed E-state index contributed by atoms with van der Waals surface area (Å²) in [5, 5.41) is 9.50. The van der Waals surface area contributed by atoms with Crippen LogP contribution in [0, 0.1) is 0 Å². The summed E-state index contributed by atoms with van der Waals surface area (Å²) in [6.45, 7) is 2.49. The van der Waals surface area contributed by atoms with Crippen LogP contribution >= 0.6 is 0 Å². The van der Waals surface area contributed by atoms with Gasteiger partial charge in [0, 0.05) is 18.9 Å². The van der Waals surface area contributed by atoms with Crippen molar-refractivity contribution in [2.75, 3.05) is 14.2 Å². The highest BCUT2D eigenvalue weighted by Gasteiger charge is 2.06. The molecule has 0 saturated carbocycles. The maximum atomic E-state index is 9.50. The summed E-state index contributed by atoms with van der Waals surface area (Å²) in [4.78, 5) is 0. The standard InChI is InChI=1S/C15H19NO3/c1-11(17)13-6-7-16(10-13)9-12-4-5-14(18-2)15(8-12)19-3/h4-8,10-11,17H,9H2,1-3H3. The molecule has 102 valence electrons. The molecule has 1 unspecified atom stereocenters. The van der Waals surface area contributed by atoms with E-state index in [-0.39, 0.29) is 0 Å². The van der Waals surface area contributed by atoms with Crippen LogP contribution in [0.1, 0.15) is 24.2 Å². The zero-order chi connectivity index (χ0) is 13.8. The average Bonchev–Trinajstić information content (AvgIpc) is 2.87. The second kappa shape index (κ2) is 5.80. The third-order valence-electron chi connectivity index (χ3n) is 3.07. The van der Waals surface area contributed by atoms with Gasteiger partial charge in [-0.1, -0.05) is 6.07 Å². The van der Waals surface area contributed by atoms with Gasteiger partial charge in [-0.25, -0.2) is 0 Å². The van der Waals surface area contributed by atoms with E-state index in [0.717, 1.165) is 29.2 Å². The summed E-state index contributed by atoms with van der Waals surface area (Å²) in [5.41, 5.74) is 2.03. The lowest BCUT2D eigenvalue weighted by molar-refractivity contribution is 0.199. The fourth-order valence-electron chi connectivity index (χ4n) is 1.99. The molecule has 0 fully saturated rings. The largest absolute Gasteiger partial charge is 0.493 e. The zero-order valence-corrected chi connectivity index (χ0v) is 11.5. The maximum Gasteiger partial charge on any atom is 0.161 e. The van der Waals surface area contributed by atoms with Gasteiger partial charge in [0.2, 0.25) is 0 Å². The monoisotopic (exact) mass is 261 g/mol. The first-order valence-electron chi connectivity index (χ1n) is 6.18. The number of aromatic nitrogens is 1. The lowest BCUT2D eigenvalue weighted by Crippen LogP contribution is -1.98. The molecule has 1 atom stereocenters. The van der Waals surface area contributed by atoms with E-state index in [0.29, 0.717) is 0 Å². The highest BCUT2D eigenvalue weighted by molar-refractivity contribution is 5.43. The molecule has 0 spiro atoms. The molecule has 19 heavy (non-hydrogen) atoms. The number of aliphatic hydroxyl groups excluding tert-OH is 1. The molecule has 2 aromatic rings. The fourth-order valence-corrected chi connectivity index (χ4v) is 1.99. The molecule has 1 aromatic carbocycles. The number of rotatable bonds is 5. The first-order chi connectivity index (χ1) is 9.13. The molecule has 1 N–H and O–H groups in total. The van der Waals surface area contributed by atoms with Crippen molar-refractivity contribution in [3.63, 3.8) is 0 Å². The van der Waals surface area contributed by atoms with E-state index in [2.05, 4.69) is 0 Å². The predicted octanol–water partition coefficient (Wildman–Crippen LogP) is 2.61. The van der Waals surface area contributed by atoms with Crippen LogP contribution in [0.15, 0.2) is 36.7 Å². The summed E-state index contributed by atoms with van der Waals surface area (Å²) in [6, 6.07) is 7.78. The van der Waals surface area contributed by atoms with Crippen molar-refractivity contribution in [1.82, 2.24) is 4.57 Å². The molecule has 2 rings (SSSR count). The summed E-state index contributed by atoms with van der Waals surface area (Å²) in [6.07, 6.45) is 3.46. The van der Waals surface area contributed by atoms with Crippen molar-refractivity contribution in [2.24, 2.45) is 0 Å². The van der Waals surface area contributed by atoms with Gasteiger partial charge in [0.15, 0.2) is 11.5 Å². The Balaban J connectivity index is 2.18. The van der Waals surface area contributed by atoms with Crippen LogP contribution in [0.25, 0.3) is 0 Å². The zero-order valence-electron chi connectivity index (χ0n) is 11.5. The molecule has 0 amide bonds. The molecule has 0 radical (unpaired) electrons. The lowest BCUT2D eigenvalue weighted by Gasteiger charge is -2.10. The Bertz CT molecular complexity index is 546. The maximum absolute atomic E-state index is 9.50. The third-order valence-corrected chi connectivity index (χ3v) is 3.07. The molecular formula is C15H19NO3. The van der Waals surface area contributed by atoms with Gasteiger partial charge in [-0.15, -0.1) is 0 Å². The van der Waals surface area contributed by atoms with Crippen molar-refractivity contribution >= 4 is 0 Å². The quantitative estimate of drug-likeness (QED) is 0.899. The van der Waals surface area contributed by atoms with Crippen molar-refractivity contribution in [2.45, 2.75) is 19.6 Å². The second-order valence-corrected chi connectivity index (χ2v) is 4.48. The number of hydrogen-bond acceptors (Lipinski definition) is 3. The van der Waals surface area contributed by atoms with Crippen molar-refractivity contribution in [3.05, 3.63) is 47.8 Å². The normalized spacial score (nSPS) is 12.2. The van der Waals surface area contributed by atoms with Gasteiger partial charge in [0.25, 0.3) is 0 Å². The van der Waals surface area contributed by atoms with Gasteiger partial charge in [-0.3, -0.25) is 0 Å². The number of benzene rings is 1. The van der Waals surface area contributed by atoms with Gasteiger partial charge in [-0.2, -0.15) is 0 Å². The number of methoxy groups -OCH3 is 2. The van der Waals surface area contributed by atoms with Gasteiger partial charge in [0.05, 0.1) is 20.3 Å². The predicted molar refractivity (Wildman–Crippen MR) is 73.7 cm³/mol. The molecule has 4 nitrogen and oxygen atoms in total. The SMILES string of the molecule is COc1ccc(Cn2ccc(C(C)O)c2)cc1OC. The van der Waals surface area contributed by atoms with E-state index in [1.807, 2.05) is 41.2 Å². The summed E-state index contributed by atoms with van der Waals surface area (Å²) >= 11 is 0. The number of nitrogens with zero attached hydrogens (tertiary/aromatic N) is 1. The minimum Gasteiger partial charge on any atom is -0.493 e. The van der Waals surface area contributed by atoms with E-state index in [1.54, 1.807) is 21.1 Å². The Kier molecular flexibility index (Phi) is 4.12. The van der Waals surface area contributed by atoms with Gasteiger partial charge in [0.1, 0.15) is 0 Å². The van der Waals surface area contributed by atoms with Crippen LogP contribution in [-0.4, -0.2) is 23.9 Å². The molecule has 0 aliphatic heterocycles. The first-order valence-corrected chi connectivity index (χ1v) is 6.18. The van der Waals surface area contributed by atoms with Gasteiger partial charge in [-0.05, 0) is 36.2 Å². The summed E-state index contributed by atoms with van der Waals surface area (Å²) in [7, 11) is 3.25. The molecular weight excluding hydrogens is 242 g/mol. The van der Waals surface area contributed by atoms with Crippen molar-refractivity contribution in [3.8, 4) is 11.5 Å². The Morgan fingerprint density at radius 1 is 1.16 bits per heavy atom. The second-order valence-electron chi connectivity index (χ2n) is 4.48. The molecule has 4 heteroatoms. The molecule has 0 bridgehead atoms. The number of ether oxygens (including phenoxy) is 2. The third kappa shape index (κ3) is 3.09. The van der Waals surface area contributed by atoms with Crippen molar-refractivity contribution in [1.29, 1.82) is 0 Å². The van der Waals surface area contributed by atoms with E-state index >= 15 is 0 Å². The van der Waals surface area contributed by atoms with Gasteiger partial charge >= 0.3 is 0 Å². The molecule has 1 heterocycles. The van der Waals surface area contributed by atoms with E-state index in [9.17, 15) is 5.11 Å². The van der Waals surface area contributed by atoms with Crippen LogP contribution < -0.4 is 9.47 Å². The van der Waals surface area contributed by atoms with Crippen LogP contribution in [0.2, 0.25) is 0 Å². The molecule has 0 aliphatic rings. The lowest BCUT2D eigenvalue weighted by atomic mass is 10.2. The summed E-state index contributed by atoms with van der Waals surface area (Å²) < 4.78 is 12.5. The Morgan fingerprint density at radius 2 is 1.89 bits per heavy atom. The van der Waals surface area contributed by atoms with E-state index in [1.165, 1.54) is 0 Å². The van der Waals surface area contributed by atoms with Gasteiger partial charge < -0.3 is 19.1 Å². The number of aliphatic hydroxyl groups is 1. The Morgan fingerprint density at radius 3 is 2.47 bits per heavy atom. The minimum atomic E-state index is -0.438. The van der Waals surface area contributed by atoms with Crippen molar-refractivity contribution < 1.29 is 14.6 Å². The molecule has 1 aromatic heterocycles. The Labute approximate surface area is 113 Å². The first kappa shape index (κ1) is 13.5. The molecule has 0 saturated heterocycles.